The molecule has 1 saturated carbocycles. The third kappa shape index (κ3) is 2.69. The van der Waals surface area contributed by atoms with Crippen LogP contribution in [0.15, 0.2) is 23.4 Å². The monoisotopic (exact) mass is 329 g/mol. The summed E-state index contributed by atoms with van der Waals surface area (Å²) >= 11 is 1.65. The van der Waals surface area contributed by atoms with Crippen LogP contribution in [-0.4, -0.2) is 31.8 Å². The zero-order valence-electron chi connectivity index (χ0n) is 13.2. The summed E-state index contributed by atoms with van der Waals surface area (Å²) in [6.45, 7) is 0. The summed E-state index contributed by atoms with van der Waals surface area (Å²) in [6, 6.07) is 5.85. The number of nitrogens with one attached hydrogen (secondary N) is 1. The zero-order chi connectivity index (χ0) is 15.8. The lowest BCUT2D eigenvalue weighted by Gasteiger charge is -2.24. The molecule has 1 aromatic carbocycles. The van der Waals surface area contributed by atoms with E-state index in [4.69, 9.17) is 4.74 Å². The smallest absolute Gasteiger partial charge is 0.166 e. The summed E-state index contributed by atoms with van der Waals surface area (Å²) in [5, 5.41) is 9.60. The quantitative estimate of drug-likeness (QED) is 0.728. The van der Waals surface area contributed by atoms with E-state index in [2.05, 4.69) is 31.8 Å². The summed E-state index contributed by atoms with van der Waals surface area (Å²) in [7, 11) is 3.73. The van der Waals surface area contributed by atoms with Crippen molar-refractivity contribution in [2.75, 3.05) is 7.11 Å². The van der Waals surface area contributed by atoms with Gasteiger partial charge in [-0.05, 0) is 25.0 Å². The van der Waals surface area contributed by atoms with Crippen LogP contribution in [0.4, 0.5) is 0 Å². The number of fused-ring (bicyclic) bond motifs is 1. The van der Waals surface area contributed by atoms with Crippen LogP contribution in [0.25, 0.3) is 11.0 Å². The van der Waals surface area contributed by atoms with Gasteiger partial charge >= 0.3 is 0 Å². The van der Waals surface area contributed by atoms with E-state index in [1.165, 1.54) is 19.3 Å². The van der Waals surface area contributed by atoms with Crippen LogP contribution in [-0.2, 0) is 12.8 Å². The van der Waals surface area contributed by atoms with Crippen molar-refractivity contribution in [3.63, 3.8) is 0 Å². The molecule has 1 aliphatic rings. The average molecular weight is 329 g/mol. The number of rotatable bonds is 5. The van der Waals surface area contributed by atoms with Crippen molar-refractivity contribution in [2.24, 2.45) is 7.05 Å². The number of thioether (sulfide) groups is 1. The number of H-pyrrole nitrogens is 1. The number of benzene rings is 1. The van der Waals surface area contributed by atoms with Gasteiger partial charge in [0, 0.05) is 19.0 Å². The van der Waals surface area contributed by atoms with Gasteiger partial charge in [-0.15, -0.1) is 10.2 Å². The lowest BCUT2D eigenvalue weighted by atomic mass is 9.85. The fraction of sp³-hybridized carbons (Fsp3) is 0.438. The van der Waals surface area contributed by atoms with E-state index in [-0.39, 0.29) is 0 Å². The standard InChI is InChI=1S/C16H19N5OS/c1-21-14(19-20-15(21)10-4-3-5-10)9-23-16-17-12-7-6-11(22-2)8-13(12)18-16/h6-8,10H,3-5,9H2,1-2H3,(H,17,18). The number of hydrogen-bond acceptors (Lipinski definition) is 5. The lowest BCUT2D eigenvalue weighted by molar-refractivity contribution is 0.391. The summed E-state index contributed by atoms with van der Waals surface area (Å²) in [5.41, 5.74) is 1.93. The fourth-order valence-electron chi connectivity index (χ4n) is 2.82. The van der Waals surface area contributed by atoms with E-state index in [0.29, 0.717) is 5.92 Å². The van der Waals surface area contributed by atoms with Gasteiger partial charge in [-0.25, -0.2) is 4.98 Å². The van der Waals surface area contributed by atoms with Gasteiger partial charge < -0.3 is 14.3 Å². The van der Waals surface area contributed by atoms with Crippen molar-refractivity contribution < 1.29 is 4.74 Å². The molecule has 7 heteroatoms. The van der Waals surface area contributed by atoms with E-state index in [1.807, 2.05) is 18.2 Å². The molecule has 1 aliphatic carbocycles. The highest BCUT2D eigenvalue weighted by Crippen LogP contribution is 2.35. The number of aromatic nitrogens is 5. The molecule has 0 bridgehead atoms. The van der Waals surface area contributed by atoms with Gasteiger partial charge in [0.1, 0.15) is 17.4 Å². The lowest BCUT2D eigenvalue weighted by Crippen LogP contribution is -2.14. The highest BCUT2D eigenvalue weighted by atomic mass is 32.2. The Kier molecular flexibility index (Phi) is 3.72. The normalized spacial score (nSPS) is 15.0. The third-order valence-corrected chi connectivity index (χ3v) is 5.34. The van der Waals surface area contributed by atoms with Gasteiger partial charge in [0.2, 0.25) is 0 Å². The summed E-state index contributed by atoms with van der Waals surface area (Å²) in [4.78, 5) is 7.92. The summed E-state index contributed by atoms with van der Waals surface area (Å²) in [5.74, 6) is 4.31. The van der Waals surface area contributed by atoms with Gasteiger partial charge in [-0.1, -0.05) is 18.2 Å². The van der Waals surface area contributed by atoms with Gasteiger partial charge in [0.15, 0.2) is 5.16 Å². The molecular weight excluding hydrogens is 310 g/mol. The van der Waals surface area contributed by atoms with Crippen LogP contribution in [0.1, 0.15) is 36.8 Å². The van der Waals surface area contributed by atoms with Gasteiger partial charge in [-0.2, -0.15) is 0 Å². The van der Waals surface area contributed by atoms with E-state index in [1.54, 1.807) is 18.9 Å². The average Bonchev–Trinajstić information content (AvgIpc) is 3.07. The molecule has 2 heterocycles. The highest BCUT2D eigenvalue weighted by Gasteiger charge is 2.25. The Labute approximate surface area is 138 Å². The zero-order valence-corrected chi connectivity index (χ0v) is 14.1. The number of methoxy groups -OCH3 is 1. The molecule has 1 fully saturated rings. The molecule has 0 atom stereocenters. The molecule has 3 aromatic rings. The van der Waals surface area contributed by atoms with Crippen LogP contribution in [0.2, 0.25) is 0 Å². The van der Waals surface area contributed by atoms with Crippen LogP contribution >= 0.6 is 11.8 Å². The molecule has 23 heavy (non-hydrogen) atoms. The first-order valence-electron chi connectivity index (χ1n) is 7.79. The second-order valence-electron chi connectivity index (χ2n) is 5.87. The minimum atomic E-state index is 0.602. The molecule has 120 valence electrons. The number of imidazole rings is 1. The molecule has 0 spiro atoms. The number of ether oxygens (including phenoxy) is 1. The second kappa shape index (κ2) is 5.88. The summed E-state index contributed by atoms with van der Waals surface area (Å²) in [6.07, 6.45) is 3.79. The Hall–Kier alpha value is -2.02. The minimum absolute atomic E-state index is 0.602. The van der Waals surface area contributed by atoms with E-state index in [0.717, 1.165) is 39.3 Å². The van der Waals surface area contributed by atoms with Gasteiger partial charge in [0.25, 0.3) is 0 Å². The molecule has 6 nitrogen and oxygen atoms in total. The topological polar surface area (TPSA) is 68.6 Å². The number of aromatic amines is 1. The fourth-order valence-corrected chi connectivity index (χ4v) is 3.68. The Morgan fingerprint density at radius 2 is 2.22 bits per heavy atom. The molecular formula is C16H19N5OS. The van der Waals surface area contributed by atoms with E-state index >= 15 is 0 Å². The van der Waals surface area contributed by atoms with Crippen molar-refractivity contribution >= 4 is 22.8 Å². The first-order valence-corrected chi connectivity index (χ1v) is 8.78. The Morgan fingerprint density at radius 1 is 1.35 bits per heavy atom. The minimum Gasteiger partial charge on any atom is -0.497 e. The van der Waals surface area contributed by atoms with Gasteiger partial charge in [0.05, 0.1) is 23.9 Å². The van der Waals surface area contributed by atoms with Crippen molar-refractivity contribution in [1.82, 2.24) is 24.7 Å². The molecule has 0 unspecified atom stereocenters. The molecule has 1 N–H and O–H groups in total. The van der Waals surface area contributed by atoms with Crippen molar-refractivity contribution in [2.45, 2.75) is 36.1 Å². The predicted octanol–water partition coefficient (Wildman–Crippen LogP) is 3.26. The van der Waals surface area contributed by atoms with Crippen LogP contribution < -0.4 is 4.74 Å². The SMILES string of the molecule is COc1ccc2nc(SCc3nnc(C4CCC4)n3C)[nH]c2c1. The van der Waals surface area contributed by atoms with Gasteiger partial charge in [-0.3, -0.25) is 0 Å². The van der Waals surface area contributed by atoms with Crippen molar-refractivity contribution in [3.05, 3.63) is 29.8 Å². The Balaban J connectivity index is 1.49. The molecule has 2 aromatic heterocycles. The first-order chi connectivity index (χ1) is 11.2. The Bertz CT molecular complexity index is 836. The highest BCUT2D eigenvalue weighted by molar-refractivity contribution is 7.98. The van der Waals surface area contributed by atoms with E-state index < -0.39 is 0 Å². The van der Waals surface area contributed by atoms with Crippen molar-refractivity contribution in [3.8, 4) is 5.75 Å². The molecule has 0 saturated heterocycles. The molecule has 0 aliphatic heterocycles. The first kappa shape index (κ1) is 14.6. The molecule has 4 rings (SSSR count). The molecule has 0 amide bonds. The van der Waals surface area contributed by atoms with Crippen molar-refractivity contribution in [1.29, 1.82) is 0 Å². The molecule has 0 radical (unpaired) electrons. The third-order valence-electron chi connectivity index (χ3n) is 4.47. The Morgan fingerprint density at radius 3 is 2.96 bits per heavy atom. The van der Waals surface area contributed by atoms with Crippen LogP contribution in [0, 0.1) is 0 Å². The summed E-state index contributed by atoms with van der Waals surface area (Å²) < 4.78 is 7.38. The maximum absolute atomic E-state index is 5.24. The maximum atomic E-state index is 5.24. The number of nitrogens with zero attached hydrogens (tertiary/aromatic N) is 4. The second-order valence-corrected chi connectivity index (χ2v) is 6.84. The maximum Gasteiger partial charge on any atom is 0.166 e. The largest absolute Gasteiger partial charge is 0.497 e. The predicted molar refractivity (Wildman–Crippen MR) is 89.8 cm³/mol. The van der Waals surface area contributed by atoms with E-state index in [9.17, 15) is 0 Å². The van der Waals surface area contributed by atoms with Crippen LogP contribution in [0.5, 0.6) is 5.75 Å². The number of hydrogen-bond donors (Lipinski definition) is 1. The van der Waals surface area contributed by atoms with Crippen LogP contribution in [0.3, 0.4) is 0 Å².